The van der Waals surface area contributed by atoms with Gasteiger partial charge in [0.15, 0.2) is 13.9 Å². The molecule has 4 rings (SSSR count). The van der Waals surface area contributed by atoms with Crippen LogP contribution in [-0.2, 0) is 28.1 Å². The van der Waals surface area contributed by atoms with Crippen LogP contribution in [-0.4, -0.2) is 58.4 Å². The van der Waals surface area contributed by atoms with Gasteiger partial charge >= 0.3 is 0 Å². The van der Waals surface area contributed by atoms with E-state index in [9.17, 15) is 9.59 Å². The number of hydrogen-bond donors (Lipinski definition) is 2. The van der Waals surface area contributed by atoms with Crippen LogP contribution >= 0.6 is 0 Å². The van der Waals surface area contributed by atoms with E-state index in [4.69, 9.17) is 9.84 Å². The Bertz CT molecular complexity index is 1000. The van der Waals surface area contributed by atoms with Gasteiger partial charge in [-0.15, -0.1) is 11.7 Å². The third-order valence-corrected chi connectivity index (χ3v) is 9.30. The van der Waals surface area contributed by atoms with Crippen LogP contribution in [0.15, 0.2) is 43.1 Å². The highest BCUT2D eigenvalue weighted by Gasteiger charge is 2.65. The van der Waals surface area contributed by atoms with E-state index in [0.29, 0.717) is 25.9 Å². The van der Waals surface area contributed by atoms with Gasteiger partial charge in [-0.2, -0.15) is 0 Å². The molecular formula is C23H32N4O4Si. The Morgan fingerprint density at radius 3 is 2.78 bits per heavy atom. The summed E-state index contributed by atoms with van der Waals surface area (Å²) in [7, 11) is -2.68. The minimum Gasteiger partial charge on any atom is -0.432 e. The molecule has 1 aromatic heterocycles. The summed E-state index contributed by atoms with van der Waals surface area (Å²) >= 11 is 0. The number of amides is 1. The second-order valence-electron chi connectivity index (χ2n) is 9.32. The molecule has 1 saturated heterocycles. The lowest BCUT2D eigenvalue weighted by atomic mass is 9.82. The molecule has 3 heterocycles. The number of benzene rings is 1. The van der Waals surface area contributed by atoms with E-state index in [1.807, 2.05) is 50.5 Å². The highest BCUT2D eigenvalue weighted by Crippen LogP contribution is 2.59. The van der Waals surface area contributed by atoms with Crippen LogP contribution in [0.3, 0.4) is 0 Å². The molecule has 0 aliphatic carbocycles. The van der Waals surface area contributed by atoms with Crippen molar-refractivity contribution in [2.75, 3.05) is 18.1 Å². The zero-order chi connectivity index (χ0) is 23.1. The summed E-state index contributed by atoms with van der Waals surface area (Å²) in [6.45, 7) is 10.7. The first kappa shape index (κ1) is 22.8. The summed E-state index contributed by atoms with van der Waals surface area (Å²) in [5.41, 5.74) is 1.23. The summed E-state index contributed by atoms with van der Waals surface area (Å²) in [4.78, 5) is 26.8. The molecule has 1 spiro atoms. The van der Waals surface area contributed by atoms with Gasteiger partial charge < -0.3 is 19.5 Å². The van der Waals surface area contributed by atoms with Crippen LogP contribution in [0.2, 0.25) is 18.6 Å². The average molecular weight is 457 g/mol. The molecule has 0 unspecified atom stereocenters. The van der Waals surface area contributed by atoms with Crippen LogP contribution in [0.4, 0.5) is 5.69 Å². The molecule has 0 radical (unpaired) electrons. The number of ether oxygens (including phenoxy) is 1. The quantitative estimate of drug-likeness (QED) is 0.467. The summed E-state index contributed by atoms with van der Waals surface area (Å²) in [6.07, 6.45) is 4.32. The number of aryl methyl sites for hydroxylation is 1. The van der Waals surface area contributed by atoms with E-state index in [-0.39, 0.29) is 30.1 Å². The van der Waals surface area contributed by atoms with Crippen molar-refractivity contribution in [2.45, 2.75) is 56.7 Å². The smallest absolute Gasteiger partial charge is 0.264 e. The van der Waals surface area contributed by atoms with Gasteiger partial charge in [0, 0.05) is 49.3 Å². The topological polar surface area (TPSA) is 101 Å². The minimum atomic E-state index is -2.68. The number of rotatable bonds is 8. The number of aromatic nitrogens is 3. The van der Waals surface area contributed by atoms with E-state index in [1.54, 1.807) is 15.7 Å². The van der Waals surface area contributed by atoms with Gasteiger partial charge in [0.2, 0.25) is 0 Å². The van der Waals surface area contributed by atoms with Gasteiger partial charge in [0.05, 0.1) is 17.5 Å². The van der Waals surface area contributed by atoms with Crippen molar-refractivity contribution in [3.05, 3.63) is 54.4 Å². The molecule has 0 saturated carbocycles. The average Bonchev–Trinajstić information content (AvgIpc) is 3.38. The lowest BCUT2D eigenvalue weighted by molar-refractivity contribution is -0.145. The maximum atomic E-state index is 13.8. The number of carbonyl (C=O) groups is 1. The Hall–Kier alpha value is -2.33. The highest BCUT2D eigenvalue weighted by molar-refractivity contribution is 6.71. The maximum absolute atomic E-state index is 13.8. The van der Waals surface area contributed by atoms with Gasteiger partial charge in [-0.05, 0) is 25.6 Å². The Morgan fingerprint density at radius 1 is 1.34 bits per heavy atom. The molecule has 1 fully saturated rings. The van der Waals surface area contributed by atoms with Crippen molar-refractivity contribution in [2.24, 2.45) is 5.92 Å². The standard InChI is InChI=1S/C23H32N4O4Si/c1-5-12-27-19-9-7-6-8-18(19)23(22(27)29)16(2)21(32(3,4)30)20(31-23)10-13-26-15-17(11-14-28)24-25-26/h5-9,15-16,20-21,28,30H,1,10-14H2,2-4H3/t16-,20+,21-,23+/m0/s1. The molecule has 172 valence electrons. The second kappa shape index (κ2) is 8.55. The van der Waals surface area contributed by atoms with Crippen molar-refractivity contribution in [1.82, 2.24) is 15.0 Å². The van der Waals surface area contributed by atoms with Crippen molar-refractivity contribution >= 4 is 19.9 Å². The van der Waals surface area contributed by atoms with Crippen LogP contribution in [0, 0.1) is 5.92 Å². The third kappa shape index (κ3) is 3.63. The Labute approximate surface area is 189 Å². The Kier molecular flexibility index (Phi) is 6.10. The molecule has 32 heavy (non-hydrogen) atoms. The van der Waals surface area contributed by atoms with Crippen LogP contribution in [0.1, 0.15) is 24.6 Å². The summed E-state index contributed by atoms with van der Waals surface area (Å²) in [6, 6.07) is 7.78. The largest absolute Gasteiger partial charge is 0.432 e. The van der Waals surface area contributed by atoms with E-state index < -0.39 is 13.9 Å². The summed E-state index contributed by atoms with van der Waals surface area (Å²) in [5.74, 6) is -0.258. The Balaban J connectivity index is 1.67. The first-order valence-electron chi connectivity index (χ1n) is 11.2. The molecule has 1 amide bonds. The molecule has 0 bridgehead atoms. The lowest BCUT2D eigenvalue weighted by Gasteiger charge is -2.32. The number of hydrogen-bond acceptors (Lipinski definition) is 6. The molecule has 8 nitrogen and oxygen atoms in total. The third-order valence-electron chi connectivity index (χ3n) is 6.80. The van der Waals surface area contributed by atoms with Crippen molar-refractivity contribution in [1.29, 1.82) is 0 Å². The number of anilines is 1. The van der Waals surface area contributed by atoms with Crippen LogP contribution in [0.25, 0.3) is 0 Å². The van der Waals surface area contributed by atoms with Crippen LogP contribution < -0.4 is 4.90 Å². The fourth-order valence-corrected chi connectivity index (χ4v) is 8.15. The first-order chi connectivity index (χ1) is 15.2. The van der Waals surface area contributed by atoms with Gasteiger partial charge in [0.25, 0.3) is 5.91 Å². The number of para-hydroxylation sites is 1. The second-order valence-corrected chi connectivity index (χ2v) is 13.3. The molecule has 4 atom stereocenters. The monoisotopic (exact) mass is 456 g/mol. The van der Waals surface area contributed by atoms with Crippen molar-refractivity contribution < 1.29 is 19.4 Å². The highest BCUT2D eigenvalue weighted by atomic mass is 28.4. The molecular weight excluding hydrogens is 424 g/mol. The molecule has 2 aromatic rings. The summed E-state index contributed by atoms with van der Waals surface area (Å²) < 4.78 is 8.44. The van der Waals surface area contributed by atoms with Gasteiger partial charge in [0.1, 0.15) is 0 Å². The van der Waals surface area contributed by atoms with Crippen molar-refractivity contribution in [3.8, 4) is 0 Å². The predicted molar refractivity (Wildman–Crippen MR) is 124 cm³/mol. The zero-order valence-electron chi connectivity index (χ0n) is 18.9. The van der Waals surface area contributed by atoms with Crippen LogP contribution in [0.5, 0.6) is 0 Å². The Morgan fingerprint density at radius 2 is 2.09 bits per heavy atom. The maximum Gasteiger partial charge on any atom is 0.264 e. The molecule has 1 aromatic carbocycles. The zero-order valence-corrected chi connectivity index (χ0v) is 19.9. The molecule has 2 N–H and O–H groups in total. The first-order valence-corrected chi connectivity index (χ1v) is 14.2. The fourth-order valence-electron chi connectivity index (χ4n) is 5.55. The van der Waals surface area contributed by atoms with Gasteiger partial charge in [-0.3, -0.25) is 9.48 Å². The number of aliphatic hydroxyl groups excluding tert-OH is 1. The van der Waals surface area contributed by atoms with E-state index in [0.717, 1.165) is 16.9 Å². The van der Waals surface area contributed by atoms with Gasteiger partial charge in [-0.25, -0.2) is 0 Å². The number of nitrogens with zero attached hydrogens (tertiary/aromatic N) is 4. The number of fused-ring (bicyclic) bond motifs is 2. The lowest BCUT2D eigenvalue weighted by Crippen LogP contribution is -2.46. The minimum absolute atomic E-state index is 0.0274. The SMILES string of the molecule is C=CCN1C(=O)[C@]2(O[C@H](CCn3cc(CCO)nn3)[C@@H]([Si](C)(C)O)[C@@H]2C)c2ccccc21. The molecule has 2 aliphatic rings. The van der Waals surface area contributed by atoms with E-state index in [1.165, 1.54) is 0 Å². The number of aliphatic hydroxyl groups is 1. The molecule has 9 heteroatoms. The molecule has 2 aliphatic heterocycles. The fraction of sp³-hybridized carbons (Fsp3) is 0.522. The summed E-state index contributed by atoms with van der Waals surface area (Å²) in [5, 5.41) is 17.3. The van der Waals surface area contributed by atoms with Gasteiger partial charge in [-0.1, -0.05) is 36.4 Å². The normalized spacial score (nSPS) is 27.3. The van der Waals surface area contributed by atoms with E-state index in [2.05, 4.69) is 16.9 Å². The predicted octanol–water partition coefficient (Wildman–Crippen LogP) is 2.23. The number of carbonyl (C=O) groups excluding carboxylic acids is 1. The van der Waals surface area contributed by atoms with Crippen molar-refractivity contribution in [3.63, 3.8) is 0 Å². The van der Waals surface area contributed by atoms with E-state index >= 15 is 0 Å².